The summed E-state index contributed by atoms with van der Waals surface area (Å²) in [6.45, 7) is 28.6. The first-order chi connectivity index (χ1) is 27.4. The van der Waals surface area contributed by atoms with Crippen molar-refractivity contribution in [3.05, 3.63) is 103 Å². The van der Waals surface area contributed by atoms with Gasteiger partial charge in [0.05, 0.1) is 0 Å². The van der Waals surface area contributed by atoms with Crippen LogP contribution in [-0.4, -0.2) is 93.0 Å². The fourth-order valence-electron chi connectivity index (χ4n) is 4.98. The average Bonchev–Trinajstić information content (AvgIpc) is 3.16. The van der Waals surface area contributed by atoms with Crippen LogP contribution in [0.1, 0.15) is 106 Å². The largest absolute Gasteiger partial charge is 0.508 e. The van der Waals surface area contributed by atoms with Crippen molar-refractivity contribution in [2.45, 2.75) is 116 Å². The van der Waals surface area contributed by atoms with Gasteiger partial charge < -0.3 is 35.0 Å². The fourth-order valence-corrected chi connectivity index (χ4v) is 5.41. The van der Waals surface area contributed by atoms with Gasteiger partial charge in [0.1, 0.15) is 11.5 Å². The number of alkyl halides is 2. The van der Waals surface area contributed by atoms with E-state index in [4.69, 9.17) is 14.9 Å². The Morgan fingerprint density at radius 3 is 1.64 bits per heavy atom. The Balaban J connectivity index is -0.000000818. The normalized spacial score (nSPS) is 16.2. The third-order valence-corrected chi connectivity index (χ3v) is 10.2. The number of nitrogens with zero attached hydrogens (tertiary/aromatic N) is 2. The number of aliphatic hydroxyl groups excluding tert-OH is 1. The highest BCUT2D eigenvalue weighted by atomic mass is 79.9. The Kier molecular flexibility index (Phi) is 35.0. The maximum Gasteiger partial charge on any atom is 0.407 e. The summed E-state index contributed by atoms with van der Waals surface area (Å²) in [6, 6.07) is 7.05. The SMILES string of the molecule is C=CC(Br)C/C=C/C(C)(CCN(C)C(=O)O)C1C=CC(O)=CC1.C=CC(Br)C/C=C/C(C)(CCN(C)C(=O)O)c1ccc(O)cc1.CC(C)C.CC(C)C.CCCOC. The van der Waals surface area contributed by atoms with Gasteiger partial charge in [0, 0.05) is 56.0 Å². The minimum absolute atomic E-state index is 0.175. The second-order valence-corrected chi connectivity index (χ2v) is 18.8. The molecule has 0 spiro atoms. The van der Waals surface area contributed by atoms with E-state index in [2.05, 4.69) is 132 Å². The summed E-state index contributed by atoms with van der Waals surface area (Å²) in [7, 11) is 4.86. The summed E-state index contributed by atoms with van der Waals surface area (Å²) < 4.78 is 4.69. The number of ether oxygens (including phenoxy) is 1. The van der Waals surface area contributed by atoms with Crippen LogP contribution in [0.15, 0.2) is 97.9 Å². The van der Waals surface area contributed by atoms with E-state index in [1.54, 1.807) is 39.4 Å². The molecule has 0 saturated carbocycles. The predicted molar refractivity (Wildman–Crippen MR) is 259 cm³/mol. The molecule has 2 amide bonds. The molecule has 59 heavy (non-hydrogen) atoms. The molecule has 0 bridgehead atoms. The molecular formula is C48H80Br2N2O7. The van der Waals surface area contributed by atoms with Crippen LogP contribution in [0.3, 0.4) is 0 Å². The Morgan fingerprint density at radius 1 is 0.847 bits per heavy atom. The highest BCUT2D eigenvalue weighted by Crippen LogP contribution is 2.39. The number of phenolic OH excluding ortho intramolecular Hbond substituents is 1. The molecule has 1 aromatic carbocycles. The molecule has 1 aromatic rings. The third-order valence-electron chi connectivity index (χ3n) is 8.69. The van der Waals surface area contributed by atoms with Gasteiger partial charge in [-0.3, -0.25) is 0 Å². The van der Waals surface area contributed by atoms with E-state index >= 15 is 0 Å². The van der Waals surface area contributed by atoms with E-state index < -0.39 is 12.2 Å². The molecule has 0 fully saturated rings. The van der Waals surface area contributed by atoms with Crippen LogP contribution < -0.4 is 0 Å². The lowest BCUT2D eigenvalue weighted by atomic mass is 9.71. The number of phenols is 1. The number of amides is 2. The molecule has 5 atom stereocenters. The zero-order chi connectivity index (χ0) is 46.2. The molecule has 1 aliphatic rings. The summed E-state index contributed by atoms with van der Waals surface area (Å²) in [5.41, 5.74) is 0.548. The van der Waals surface area contributed by atoms with Crippen molar-refractivity contribution in [1.82, 2.24) is 9.80 Å². The van der Waals surface area contributed by atoms with Crippen LogP contribution in [0.25, 0.3) is 0 Å². The topological polar surface area (TPSA) is 131 Å². The highest BCUT2D eigenvalue weighted by Gasteiger charge is 2.31. The molecule has 0 aromatic heterocycles. The van der Waals surface area contributed by atoms with E-state index in [1.165, 1.54) is 9.80 Å². The molecule has 0 radical (unpaired) electrons. The molecule has 4 N–H and O–H groups in total. The van der Waals surface area contributed by atoms with Gasteiger partial charge in [-0.15, -0.1) is 13.2 Å². The van der Waals surface area contributed by atoms with Gasteiger partial charge in [-0.25, -0.2) is 9.59 Å². The van der Waals surface area contributed by atoms with Crippen molar-refractivity contribution < 1.29 is 34.8 Å². The maximum atomic E-state index is 11.0. The summed E-state index contributed by atoms with van der Waals surface area (Å²) in [6.07, 6.45) is 20.7. The summed E-state index contributed by atoms with van der Waals surface area (Å²) in [5, 5.41) is 37.1. The van der Waals surface area contributed by atoms with Crippen molar-refractivity contribution in [2.75, 3.05) is 40.9 Å². The lowest BCUT2D eigenvalue weighted by Crippen LogP contribution is -2.33. The first kappa shape index (κ1) is 60.0. The van der Waals surface area contributed by atoms with E-state index in [0.29, 0.717) is 25.3 Å². The van der Waals surface area contributed by atoms with Crippen LogP contribution in [0.4, 0.5) is 9.59 Å². The van der Waals surface area contributed by atoms with E-state index in [-0.39, 0.29) is 32.2 Å². The molecule has 1 aliphatic carbocycles. The fraction of sp³-hybridized carbons (Fsp3) is 0.583. The molecule has 11 heteroatoms. The Bertz CT molecular complexity index is 1400. The number of aliphatic hydroxyl groups is 1. The summed E-state index contributed by atoms with van der Waals surface area (Å²) >= 11 is 7.02. The highest BCUT2D eigenvalue weighted by molar-refractivity contribution is 9.09. The lowest BCUT2D eigenvalue weighted by molar-refractivity contribution is 0.146. The molecule has 9 nitrogen and oxygen atoms in total. The number of aromatic hydroxyl groups is 1. The van der Waals surface area contributed by atoms with Crippen LogP contribution in [0.5, 0.6) is 5.75 Å². The number of halogens is 2. The van der Waals surface area contributed by atoms with Gasteiger partial charge in [-0.05, 0) is 91.5 Å². The van der Waals surface area contributed by atoms with Crippen molar-refractivity contribution in [3.8, 4) is 5.75 Å². The minimum Gasteiger partial charge on any atom is -0.508 e. The van der Waals surface area contributed by atoms with E-state index in [9.17, 15) is 19.8 Å². The second kappa shape index (κ2) is 34.4. The van der Waals surface area contributed by atoms with Gasteiger partial charge in [-0.1, -0.05) is 149 Å². The van der Waals surface area contributed by atoms with Gasteiger partial charge in [-0.2, -0.15) is 0 Å². The van der Waals surface area contributed by atoms with Crippen molar-refractivity contribution in [1.29, 1.82) is 0 Å². The second-order valence-electron chi connectivity index (χ2n) is 16.4. The third kappa shape index (κ3) is 32.2. The van der Waals surface area contributed by atoms with Gasteiger partial charge >= 0.3 is 12.2 Å². The van der Waals surface area contributed by atoms with Crippen molar-refractivity contribution >= 4 is 44.0 Å². The van der Waals surface area contributed by atoms with Crippen LogP contribution in [0, 0.1) is 23.2 Å². The van der Waals surface area contributed by atoms with Crippen LogP contribution in [-0.2, 0) is 10.2 Å². The van der Waals surface area contributed by atoms with Crippen molar-refractivity contribution in [2.24, 2.45) is 23.2 Å². The zero-order valence-electron chi connectivity index (χ0n) is 38.3. The molecule has 2 rings (SSSR count). The Morgan fingerprint density at radius 2 is 1.29 bits per heavy atom. The van der Waals surface area contributed by atoms with Gasteiger partial charge in [0.25, 0.3) is 0 Å². The summed E-state index contributed by atoms with van der Waals surface area (Å²) in [4.78, 5) is 25.0. The smallest absolute Gasteiger partial charge is 0.407 e. The first-order valence-corrected chi connectivity index (χ1v) is 22.4. The van der Waals surface area contributed by atoms with Gasteiger partial charge in [0.15, 0.2) is 0 Å². The molecule has 5 unspecified atom stereocenters. The molecule has 338 valence electrons. The number of rotatable bonds is 18. The summed E-state index contributed by atoms with van der Waals surface area (Å²) in [5.74, 6) is 2.41. The van der Waals surface area contributed by atoms with E-state index in [1.807, 2.05) is 36.4 Å². The molecule has 0 aliphatic heterocycles. The van der Waals surface area contributed by atoms with Crippen molar-refractivity contribution in [3.63, 3.8) is 0 Å². The number of hydrogen-bond donors (Lipinski definition) is 4. The minimum atomic E-state index is -0.936. The Hall–Kier alpha value is -3.28. The number of allylic oxidation sites excluding steroid dienone is 9. The number of hydrogen-bond acceptors (Lipinski definition) is 5. The number of carbonyl (C=O) groups is 2. The molecular weight excluding hydrogens is 876 g/mol. The number of methoxy groups -OCH3 is 1. The van der Waals surface area contributed by atoms with E-state index in [0.717, 1.165) is 56.1 Å². The zero-order valence-corrected chi connectivity index (χ0v) is 41.5. The maximum absolute atomic E-state index is 11.0. The standard InChI is InChI=1S/C18H26BrNO3.C18H24BrNO3.C4H10O.2C4H10/c2*1-4-15(19)6-5-11-18(2,12-13-20(3)17(22)23)14-7-9-16(21)10-8-14;1-3-4-5-2;2*1-4(2)3/h4-5,7,9-11,14-15,21H,1,6,8,12-13H2,2-3H3,(H,22,23);4-5,7-11,15,21H,1,6,12-13H2,2-3H3,(H,22,23);3-4H2,1-2H3;2*4H,1-3H3/b2*11-5+;;;. The molecule has 0 saturated heterocycles. The quantitative estimate of drug-likeness (QED) is 0.0851. The van der Waals surface area contributed by atoms with Crippen LogP contribution in [0.2, 0.25) is 0 Å². The monoisotopic (exact) mass is 954 g/mol. The number of carboxylic acid groups (broad SMARTS) is 2. The van der Waals surface area contributed by atoms with Crippen LogP contribution >= 0.6 is 31.9 Å². The first-order valence-electron chi connectivity index (χ1n) is 20.6. The molecule has 0 heterocycles. The lowest BCUT2D eigenvalue weighted by Gasteiger charge is -2.35. The number of benzene rings is 1. The average molecular weight is 957 g/mol. The van der Waals surface area contributed by atoms with Gasteiger partial charge in [0.2, 0.25) is 0 Å². The Labute approximate surface area is 376 Å². The predicted octanol–water partition coefficient (Wildman–Crippen LogP) is 13.8.